The van der Waals surface area contributed by atoms with E-state index in [1.54, 1.807) is 26.2 Å². The van der Waals surface area contributed by atoms with Gasteiger partial charge in [0.2, 0.25) is 0 Å². The van der Waals surface area contributed by atoms with Crippen molar-refractivity contribution in [2.45, 2.75) is 19.4 Å². The van der Waals surface area contributed by atoms with Crippen LogP contribution in [0.2, 0.25) is 0 Å². The van der Waals surface area contributed by atoms with Crippen LogP contribution >= 0.6 is 0 Å². The first-order valence-corrected chi connectivity index (χ1v) is 5.32. The monoisotopic (exact) mass is 227 g/mol. The molecule has 4 heteroatoms. The lowest BCUT2D eigenvalue weighted by Gasteiger charge is -2.14. The average molecular weight is 227 g/mol. The molecule has 1 aromatic rings. The molecule has 0 spiro atoms. The number of methoxy groups -OCH3 is 1. The standard InChI is InChI=1S/C12H18FNO2/c1-9(14)12-10(13)5-3-6-11(12)16-8-4-7-15-2/h3,5-6,9H,4,7-8,14H2,1-2H3/t9-/m1/s1. The Morgan fingerprint density at radius 2 is 2.12 bits per heavy atom. The number of ether oxygens (including phenoxy) is 2. The van der Waals surface area contributed by atoms with Crippen LogP contribution < -0.4 is 10.5 Å². The zero-order chi connectivity index (χ0) is 12.0. The Morgan fingerprint density at radius 1 is 1.38 bits per heavy atom. The highest BCUT2D eigenvalue weighted by Crippen LogP contribution is 2.26. The third-order valence-corrected chi connectivity index (χ3v) is 2.22. The van der Waals surface area contributed by atoms with Gasteiger partial charge in [-0.2, -0.15) is 0 Å². The van der Waals surface area contributed by atoms with E-state index in [0.29, 0.717) is 24.5 Å². The lowest BCUT2D eigenvalue weighted by atomic mass is 10.1. The molecule has 3 nitrogen and oxygen atoms in total. The molecule has 0 bridgehead atoms. The summed E-state index contributed by atoms with van der Waals surface area (Å²) < 4.78 is 23.9. The molecular weight excluding hydrogens is 209 g/mol. The van der Waals surface area contributed by atoms with Crippen LogP contribution in [0.15, 0.2) is 18.2 Å². The summed E-state index contributed by atoms with van der Waals surface area (Å²) in [6.45, 7) is 2.86. The summed E-state index contributed by atoms with van der Waals surface area (Å²) in [4.78, 5) is 0. The first-order valence-electron chi connectivity index (χ1n) is 5.32. The molecule has 0 saturated heterocycles. The Morgan fingerprint density at radius 3 is 2.75 bits per heavy atom. The van der Waals surface area contributed by atoms with Crippen molar-refractivity contribution in [2.24, 2.45) is 5.73 Å². The smallest absolute Gasteiger partial charge is 0.131 e. The lowest BCUT2D eigenvalue weighted by Crippen LogP contribution is -2.11. The van der Waals surface area contributed by atoms with Crippen molar-refractivity contribution in [1.29, 1.82) is 0 Å². The normalized spacial score (nSPS) is 12.5. The predicted molar refractivity (Wildman–Crippen MR) is 61.0 cm³/mol. The maximum absolute atomic E-state index is 13.5. The third-order valence-electron chi connectivity index (χ3n) is 2.22. The largest absolute Gasteiger partial charge is 0.493 e. The molecule has 1 atom stereocenters. The Labute approximate surface area is 95.4 Å². The number of hydrogen-bond acceptors (Lipinski definition) is 3. The maximum Gasteiger partial charge on any atom is 0.131 e. The number of rotatable bonds is 6. The quantitative estimate of drug-likeness (QED) is 0.758. The summed E-state index contributed by atoms with van der Waals surface area (Å²) in [5.41, 5.74) is 6.13. The second kappa shape index (κ2) is 6.45. The highest BCUT2D eigenvalue weighted by molar-refractivity contribution is 5.36. The van der Waals surface area contributed by atoms with E-state index in [-0.39, 0.29) is 11.9 Å². The van der Waals surface area contributed by atoms with Gasteiger partial charge in [-0.25, -0.2) is 4.39 Å². The summed E-state index contributed by atoms with van der Waals surface area (Å²) in [5.74, 6) is 0.199. The molecule has 0 aliphatic rings. The molecule has 90 valence electrons. The summed E-state index contributed by atoms with van der Waals surface area (Å²) >= 11 is 0. The molecule has 0 fully saturated rings. The van der Waals surface area contributed by atoms with Crippen LogP contribution in [0.5, 0.6) is 5.75 Å². The second-order valence-corrected chi connectivity index (χ2v) is 3.64. The molecule has 0 heterocycles. The minimum absolute atomic E-state index is 0.320. The van der Waals surface area contributed by atoms with Gasteiger partial charge in [-0.05, 0) is 19.1 Å². The molecule has 1 aromatic carbocycles. The van der Waals surface area contributed by atoms with Crippen molar-refractivity contribution in [3.8, 4) is 5.75 Å². The molecule has 1 rings (SSSR count). The maximum atomic E-state index is 13.5. The van der Waals surface area contributed by atoms with Gasteiger partial charge in [-0.15, -0.1) is 0 Å². The van der Waals surface area contributed by atoms with E-state index in [1.807, 2.05) is 0 Å². The highest BCUT2D eigenvalue weighted by atomic mass is 19.1. The number of benzene rings is 1. The number of hydrogen-bond donors (Lipinski definition) is 1. The zero-order valence-electron chi connectivity index (χ0n) is 9.70. The third kappa shape index (κ3) is 3.47. The van der Waals surface area contributed by atoms with Crippen LogP contribution in [-0.4, -0.2) is 20.3 Å². The lowest BCUT2D eigenvalue weighted by molar-refractivity contribution is 0.171. The van der Waals surface area contributed by atoms with Crippen LogP contribution in [-0.2, 0) is 4.74 Å². The van der Waals surface area contributed by atoms with E-state index in [2.05, 4.69) is 0 Å². The van der Waals surface area contributed by atoms with Gasteiger partial charge in [0.1, 0.15) is 11.6 Å². The number of nitrogens with two attached hydrogens (primary N) is 1. The van der Waals surface area contributed by atoms with E-state index < -0.39 is 0 Å². The molecule has 0 unspecified atom stereocenters. The molecule has 0 radical (unpaired) electrons. The Bertz CT molecular complexity index is 329. The van der Waals surface area contributed by atoms with Crippen molar-refractivity contribution >= 4 is 0 Å². The Balaban J connectivity index is 2.67. The van der Waals surface area contributed by atoms with Crippen LogP contribution in [0.1, 0.15) is 24.9 Å². The van der Waals surface area contributed by atoms with Crippen LogP contribution in [0.25, 0.3) is 0 Å². The minimum Gasteiger partial charge on any atom is -0.493 e. The summed E-state index contributed by atoms with van der Waals surface area (Å²) in [5, 5.41) is 0. The van der Waals surface area contributed by atoms with Crippen LogP contribution in [0, 0.1) is 5.82 Å². The van der Waals surface area contributed by atoms with Crippen LogP contribution in [0.3, 0.4) is 0 Å². The van der Waals surface area contributed by atoms with Crippen LogP contribution in [0.4, 0.5) is 4.39 Å². The van der Waals surface area contributed by atoms with E-state index >= 15 is 0 Å². The van der Waals surface area contributed by atoms with E-state index in [1.165, 1.54) is 6.07 Å². The van der Waals surface area contributed by atoms with Gasteiger partial charge in [0.25, 0.3) is 0 Å². The Kier molecular flexibility index (Phi) is 5.22. The van der Waals surface area contributed by atoms with E-state index in [0.717, 1.165) is 6.42 Å². The van der Waals surface area contributed by atoms with Gasteiger partial charge >= 0.3 is 0 Å². The highest BCUT2D eigenvalue weighted by Gasteiger charge is 2.13. The molecule has 0 amide bonds. The van der Waals surface area contributed by atoms with E-state index in [9.17, 15) is 4.39 Å². The van der Waals surface area contributed by atoms with Gasteiger partial charge < -0.3 is 15.2 Å². The summed E-state index contributed by atoms with van der Waals surface area (Å²) in [7, 11) is 1.63. The topological polar surface area (TPSA) is 44.5 Å². The molecular formula is C12H18FNO2. The first-order chi connectivity index (χ1) is 7.66. The zero-order valence-corrected chi connectivity index (χ0v) is 9.70. The first kappa shape index (κ1) is 12.9. The molecule has 16 heavy (non-hydrogen) atoms. The fourth-order valence-electron chi connectivity index (χ4n) is 1.47. The fourth-order valence-corrected chi connectivity index (χ4v) is 1.47. The summed E-state index contributed by atoms with van der Waals surface area (Å²) in [6, 6.07) is 4.36. The van der Waals surface area contributed by atoms with Crippen molar-refractivity contribution in [3.05, 3.63) is 29.6 Å². The van der Waals surface area contributed by atoms with Gasteiger partial charge in [-0.1, -0.05) is 6.07 Å². The fraction of sp³-hybridized carbons (Fsp3) is 0.500. The average Bonchev–Trinajstić information content (AvgIpc) is 2.24. The predicted octanol–water partition coefficient (Wildman–Crippen LogP) is 2.26. The minimum atomic E-state index is -0.376. The molecule has 0 aromatic heterocycles. The number of halogens is 1. The molecule has 0 aliphatic carbocycles. The van der Waals surface area contributed by atoms with Crippen molar-refractivity contribution in [2.75, 3.05) is 20.3 Å². The van der Waals surface area contributed by atoms with Crippen molar-refractivity contribution in [1.82, 2.24) is 0 Å². The van der Waals surface area contributed by atoms with Crippen molar-refractivity contribution < 1.29 is 13.9 Å². The van der Waals surface area contributed by atoms with E-state index in [4.69, 9.17) is 15.2 Å². The van der Waals surface area contributed by atoms with Gasteiger partial charge in [-0.3, -0.25) is 0 Å². The van der Waals surface area contributed by atoms with Gasteiger partial charge in [0, 0.05) is 31.7 Å². The molecule has 0 saturated carbocycles. The van der Waals surface area contributed by atoms with Gasteiger partial charge in [0.15, 0.2) is 0 Å². The second-order valence-electron chi connectivity index (χ2n) is 3.64. The van der Waals surface area contributed by atoms with Crippen molar-refractivity contribution in [3.63, 3.8) is 0 Å². The SMILES string of the molecule is COCCCOc1cccc(F)c1[C@@H](C)N. The molecule has 2 N–H and O–H groups in total. The Hall–Kier alpha value is -1.13. The van der Waals surface area contributed by atoms with Gasteiger partial charge in [0.05, 0.1) is 6.61 Å². The molecule has 0 aliphatic heterocycles. The summed E-state index contributed by atoms with van der Waals surface area (Å²) in [6.07, 6.45) is 0.769.